The predicted octanol–water partition coefficient (Wildman–Crippen LogP) is 0.722. The number of hydrogen-bond acceptors (Lipinski definition) is 4. The summed E-state index contributed by atoms with van der Waals surface area (Å²) in [6, 6.07) is 5.22. The van der Waals surface area contributed by atoms with Gasteiger partial charge in [-0.05, 0) is 18.7 Å². The number of piperazine rings is 1. The van der Waals surface area contributed by atoms with Crippen LogP contribution < -0.4 is 5.73 Å². The van der Waals surface area contributed by atoms with Gasteiger partial charge in [-0.25, -0.2) is 0 Å². The molecule has 4 nitrogen and oxygen atoms in total. The Morgan fingerprint density at radius 1 is 1.25 bits per heavy atom. The fourth-order valence-corrected chi connectivity index (χ4v) is 1.97. The zero-order valence-electron chi connectivity index (χ0n) is 9.69. The highest BCUT2D eigenvalue weighted by atomic mass is 16.3. The lowest BCUT2D eigenvalue weighted by Gasteiger charge is -2.32. The number of benzene rings is 1. The molecule has 0 unspecified atom stereocenters. The molecule has 1 aromatic rings. The zero-order chi connectivity index (χ0) is 11.5. The topological polar surface area (TPSA) is 52.7 Å². The Labute approximate surface area is 96.3 Å². The SMILES string of the molecule is CN1CCN(Cc2ccc(O)cc2N)CC1. The van der Waals surface area contributed by atoms with E-state index in [1.807, 2.05) is 6.07 Å². The third-order valence-electron chi connectivity index (χ3n) is 3.12. The Bertz CT molecular complexity index is 359. The van der Waals surface area contributed by atoms with Gasteiger partial charge in [-0.3, -0.25) is 4.90 Å². The summed E-state index contributed by atoms with van der Waals surface area (Å²) in [7, 11) is 2.15. The van der Waals surface area contributed by atoms with Crippen LogP contribution in [0, 0.1) is 0 Å². The van der Waals surface area contributed by atoms with E-state index in [0.717, 1.165) is 38.3 Å². The molecule has 1 heterocycles. The number of nitrogens with two attached hydrogens (primary N) is 1. The lowest BCUT2D eigenvalue weighted by atomic mass is 10.1. The van der Waals surface area contributed by atoms with Gasteiger partial charge in [-0.2, -0.15) is 0 Å². The maximum Gasteiger partial charge on any atom is 0.117 e. The van der Waals surface area contributed by atoms with Gasteiger partial charge in [-0.15, -0.1) is 0 Å². The van der Waals surface area contributed by atoms with Gasteiger partial charge in [0.05, 0.1) is 0 Å². The summed E-state index contributed by atoms with van der Waals surface area (Å²) >= 11 is 0. The van der Waals surface area contributed by atoms with E-state index in [1.165, 1.54) is 0 Å². The first kappa shape index (κ1) is 11.2. The third kappa shape index (κ3) is 2.65. The van der Waals surface area contributed by atoms with Crippen LogP contribution >= 0.6 is 0 Å². The van der Waals surface area contributed by atoms with E-state index in [4.69, 9.17) is 5.73 Å². The molecule has 0 atom stereocenters. The number of nitrogens with zero attached hydrogens (tertiary/aromatic N) is 2. The molecule has 0 aliphatic carbocycles. The van der Waals surface area contributed by atoms with Gasteiger partial charge in [0.15, 0.2) is 0 Å². The van der Waals surface area contributed by atoms with Crippen LogP contribution in [0.25, 0.3) is 0 Å². The molecule has 0 spiro atoms. The number of anilines is 1. The Kier molecular flexibility index (Phi) is 3.31. The van der Waals surface area contributed by atoms with Crippen LogP contribution in [-0.4, -0.2) is 48.1 Å². The molecule has 0 aromatic heterocycles. The summed E-state index contributed by atoms with van der Waals surface area (Å²) in [6.45, 7) is 5.25. The number of nitrogen functional groups attached to an aromatic ring is 1. The van der Waals surface area contributed by atoms with Crippen LogP contribution in [0.5, 0.6) is 5.75 Å². The molecule has 1 saturated heterocycles. The minimum Gasteiger partial charge on any atom is -0.508 e. The van der Waals surface area contributed by atoms with E-state index < -0.39 is 0 Å². The van der Waals surface area contributed by atoms with Crippen LogP contribution in [0.15, 0.2) is 18.2 Å². The molecule has 0 bridgehead atoms. The maximum absolute atomic E-state index is 9.28. The second-order valence-electron chi connectivity index (χ2n) is 4.46. The van der Waals surface area contributed by atoms with E-state index in [-0.39, 0.29) is 5.75 Å². The quantitative estimate of drug-likeness (QED) is 0.723. The molecular formula is C12H19N3O. The van der Waals surface area contributed by atoms with E-state index in [2.05, 4.69) is 16.8 Å². The van der Waals surface area contributed by atoms with Crippen molar-refractivity contribution in [1.82, 2.24) is 9.80 Å². The molecule has 1 aliphatic rings. The lowest BCUT2D eigenvalue weighted by molar-refractivity contribution is 0.148. The van der Waals surface area contributed by atoms with Crippen molar-refractivity contribution < 1.29 is 5.11 Å². The fraction of sp³-hybridized carbons (Fsp3) is 0.500. The van der Waals surface area contributed by atoms with E-state index in [9.17, 15) is 5.11 Å². The first-order chi connectivity index (χ1) is 7.65. The van der Waals surface area contributed by atoms with Gasteiger partial charge in [-0.1, -0.05) is 6.07 Å². The van der Waals surface area contributed by atoms with Crippen molar-refractivity contribution >= 4 is 5.69 Å². The first-order valence-corrected chi connectivity index (χ1v) is 5.63. The molecule has 2 rings (SSSR count). The van der Waals surface area contributed by atoms with Gasteiger partial charge in [0.2, 0.25) is 0 Å². The molecule has 0 radical (unpaired) electrons. The number of aromatic hydroxyl groups is 1. The van der Waals surface area contributed by atoms with Crippen molar-refractivity contribution in [2.24, 2.45) is 0 Å². The molecule has 1 aromatic carbocycles. The van der Waals surface area contributed by atoms with E-state index >= 15 is 0 Å². The summed E-state index contributed by atoms with van der Waals surface area (Å²) in [5, 5.41) is 9.28. The van der Waals surface area contributed by atoms with Gasteiger partial charge >= 0.3 is 0 Å². The molecule has 4 heteroatoms. The van der Waals surface area contributed by atoms with E-state index in [0.29, 0.717) is 5.69 Å². The number of rotatable bonds is 2. The molecule has 0 amide bonds. The molecule has 0 saturated carbocycles. The van der Waals surface area contributed by atoms with Crippen molar-refractivity contribution in [2.45, 2.75) is 6.54 Å². The normalized spacial score (nSPS) is 18.8. The Morgan fingerprint density at radius 2 is 1.94 bits per heavy atom. The van der Waals surface area contributed by atoms with Crippen molar-refractivity contribution in [2.75, 3.05) is 39.0 Å². The summed E-state index contributed by atoms with van der Waals surface area (Å²) in [4.78, 5) is 4.72. The summed E-state index contributed by atoms with van der Waals surface area (Å²) in [5.74, 6) is 0.236. The summed E-state index contributed by atoms with van der Waals surface area (Å²) in [5.41, 5.74) is 7.65. The molecule has 1 fully saturated rings. The number of phenols is 1. The molecule has 16 heavy (non-hydrogen) atoms. The highest BCUT2D eigenvalue weighted by Crippen LogP contribution is 2.20. The average molecular weight is 221 g/mol. The van der Waals surface area contributed by atoms with Gasteiger partial charge in [0.1, 0.15) is 5.75 Å². The van der Waals surface area contributed by atoms with Gasteiger partial charge < -0.3 is 15.7 Å². The molecule has 1 aliphatic heterocycles. The minimum atomic E-state index is 0.236. The largest absolute Gasteiger partial charge is 0.508 e. The Hall–Kier alpha value is -1.26. The monoisotopic (exact) mass is 221 g/mol. The highest BCUT2D eigenvalue weighted by Gasteiger charge is 2.14. The van der Waals surface area contributed by atoms with Crippen LogP contribution in [0.1, 0.15) is 5.56 Å². The van der Waals surface area contributed by atoms with Crippen LogP contribution in [-0.2, 0) is 6.54 Å². The standard InChI is InChI=1S/C12H19N3O/c1-14-4-6-15(7-5-14)9-10-2-3-11(16)8-12(10)13/h2-3,8,16H,4-7,9,13H2,1H3. The lowest BCUT2D eigenvalue weighted by Crippen LogP contribution is -2.43. The average Bonchev–Trinajstić information content (AvgIpc) is 2.25. The van der Waals surface area contributed by atoms with Crippen LogP contribution in [0.4, 0.5) is 5.69 Å². The van der Waals surface area contributed by atoms with Gasteiger partial charge in [0, 0.05) is 44.5 Å². The van der Waals surface area contributed by atoms with Crippen molar-refractivity contribution in [1.29, 1.82) is 0 Å². The molecular weight excluding hydrogens is 202 g/mol. The summed E-state index contributed by atoms with van der Waals surface area (Å²) in [6.07, 6.45) is 0. The zero-order valence-corrected chi connectivity index (χ0v) is 9.69. The van der Waals surface area contributed by atoms with Crippen molar-refractivity contribution in [3.05, 3.63) is 23.8 Å². The second kappa shape index (κ2) is 4.72. The Balaban J connectivity index is 1.98. The highest BCUT2D eigenvalue weighted by molar-refractivity contribution is 5.50. The number of hydrogen-bond donors (Lipinski definition) is 2. The minimum absolute atomic E-state index is 0.236. The summed E-state index contributed by atoms with van der Waals surface area (Å²) < 4.78 is 0. The number of likely N-dealkylation sites (N-methyl/N-ethyl adjacent to an activating group) is 1. The van der Waals surface area contributed by atoms with Crippen molar-refractivity contribution in [3.8, 4) is 5.75 Å². The fourth-order valence-electron chi connectivity index (χ4n) is 1.97. The number of phenolic OH excluding ortho intramolecular Hbond substituents is 1. The van der Waals surface area contributed by atoms with Gasteiger partial charge in [0.25, 0.3) is 0 Å². The predicted molar refractivity (Wildman–Crippen MR) is 65.3 cm³/mol. The van der Waals surface area contributed by atoms with Crippen LogP contribution in [0.3, 0.4) is 0 Å². The maximum atomic E-state index is 9.28. The second-order valence-corrected chi connectivity index (χ2v) is 4.46. The smallest absolute Gasteiger partial charge is 0.117 e. The third-order valence-corrected chi connectivity index (χ3v) is 3.12. The first-order valence-electron chi connectivity index (χ1n) is 5.63. The van der Waals surface area contributed by atoms with Crippen molar-refractivity contribution in [3.63, 3.8) is 0 Å². The van der Waals surface area contributed by atoms with E-state index in [1.54, 1.807) is 12.1 Å². The van der Waals surface area contributed by atoms with Crippen LogP contribution in [0.2, 0.25) is 0 Å². The molecule has 3 N–H and O–H groups in total. The molecule has 88 valence electrons. The Morgan fingerprint density at radius 3 is 2.56 bits per heavy atom.